The van der Waals surface area contributed by atoms with E-state index >= 15 is 0 Å². The SMILES string of the molecule is CCNC1CC2CCCC(C1)N2c1ccccc1Br. The summed E-state index contributed by atoms with van der Waals surface area (Å²) in [5, 5.41) is 3.66. The Bertz CT molecular complexity index is 421. The molecule has 3 rings (SSSR count). The average molecular weight is 323 g/mol. The summed E-state index contributed by atoms with van der Waals surface area (Å²) >= 11 is 3.73. The van der Waals surface area contributed by atoms with Crippen molar-refractivity contribution in [3.63, 3.8) is 0 Å². The first kappa shape index (κ1) is 13.4. The Morgan fingerprint density at radius 3 is 2.53 bits per heavy atom. The number of hydrogen-bond acceptors (Lipinski definition) is 2. The molecule has 1 aromatic rings. The van der Waals surface area contributed by atoms with E-state index in [9.17, 15) is 0 Å². The van der Waals surface area contributed by atoms with Crippen molar-refractivity contribution in [2.75, 3.05) is 11.4 Å². The Kier molecular flexibility index (Phi) is 4.13. The highest BCUT2D eigenvalue weighted by molar-refractivity contribution is 9.10. The minimum atomic E-state index is 0.718. The number of nitrogens with zero attached hydrogens (tertiary/aromatic N) is 1. The summed E-state index contributed by atoms with van der Waals surface area (Å²) in [6, 6.07) is 10.9. The van der Waals surface area contributed by atoms with E-state index in [2.05, 4.69) is 57.3 Å². The highest BCUT2D eigenvalue weighted by Gasteiger charge is 2.38. The molecule has 0 radical (unpaired) electrons. The highest BCUT2D eigenvalue weighted by atomic mass is 79.9. The van der Waals surface area contributed by atoms with Crippen LogP contribution in [0.3, 0.4) is 0 Å². The molecule has 2 unspecified atom stereocenters. The molecule has 2 atom stereocenters. The number of rotatable bonds is 3. The van der Waals surface area contributed by atoms with Gasteiger partial charge < -0.3 is 10.2 Å². The number of halogens is 1. The smallest absolute Gasteiger partial charge is 0.0515 e. The third-order valence-corrected chi connectivity index (χ3v) is 5.27. The molecule has 1 aromatic carbocycles. The Balaban J connectivity index is 1.85. The number of hydrogen-bond donors (Lipinski definition) is 1. The quantitative estimate of drug-likeness (QED) is 0.906. The van der Waals surface area contributed by atoms with E-state index < -0.39 is 0 Å². The molecular weight excluding hydrogens is 300 g/mol. The van der Waals surface area contributed by atoms with Gasteiger partial charge in [-0.15, -0.1) is 0 Å². The van der Waals surface area contributed by atoms with Crippen molar-refractivity contribution in [3.8, 4) is 0 Å². The van der Waals surface area contributed by atoms with Gasteiger partial charge in [0.15, 0.2) is 0 Å². The van der Waals surface area contributed by atoms with Gasteiger partial charge in [-0.05, 0) is 66.7 Å². The van der Waals surface area contributed by atoms with E-state index in [-0.39, 0.29) is 0 Å². The maximum Gasteiger partial charge on any atom is 0.0515 e. The van der Waals surface area contributed by atoms with Crippen LogP contribution in [-0.2, 0) is 0 Å². The van der Waals surface area contributed by atoms with Gasteiger partial charge >= 0.3 is 0 Å². The molecule has 1 N–H and O–H groups in total. The Morgan fingerprint density at radius 1 is 1.21 bits per heavy atom. The zero-order chi connectivity index (χ0) is 13.2. The lowest BCUT2D eigenvalue weighted by Crippen LogP contribution is -2.56. The fourth-order valence-corrected chi connectivity index (χ4v) is 4.38. The molecule has 0 spiro atoms. The van der Waals surface area contributed by atoms with Crippen molar-refractivity contribution >= 4 is 21.6 Å². The minimum Gasteiger partial charge on any atom is -0.365 e. The molecule has 19 heavy (non-hydrogen) atoms. The van der Waals surface area contributed by atoms with Crippen molar-refractivity contribution in [1.82, 2.24) is 5.32 Å². The summed E-state index contributed by atoms with van der Waals surface area (Å²) in [6.07, 6.45) is 6.69. The second-order valence-corrected chi connectivity index (χ2v) is 6.68. The fourth-order valence-electron chi connectivity index (χ4n) is 3.89. The molecule has 0 saturated carbocycles. The topological polar surface area (TPSA) is 15.3 Å². The molecule has 0 aliphatic carbocycles. The van der Waals surface area contributed by atoms with Crippen LogP contribution in [0.5, 0.6) is 0 Å². The van der Waals surface area contributed by atoms with E-state index in [0.29, 0.717) is 0 Å². The van der Waals surface area contributed by atoms with Crippen LogP contribution in [-0.4, -0.2) is 24.7 Å². The first-order valence-corrected chi connectivity index (χ1v) is 8.35. The molecule has 2 fully saturated rings. The van der Waals surface area contributed by atoms with Gasteiger partial charge in [0.1, 0.15) is 0 Å². The van der Waals surface area contributed by atoms with Crippen LogP contribution in [0.4, 0.5) is 5.69 Å². The van der Waals surface area contributed by atoms with Crippen LogP contribution in [0.2, 0.25) is 0 Å². The first-order chi connectivity index (χ1) is 9.29. The fraction of sp³-hybridized carbons (Fsp3) is 0.625. The van der Waals surface area contributed by atoms with Crippen LogP contribution in [0.15, 0.2) is 28.7 Å². The summed E-state index contributed by atoms with van der Waals surface area (Å²) in [5.74, 6) is 0. The predicted molar refractivity (Wildman–Crippen MR) is 84.7 cm³/mol. The molecule has 2 bridgehead atoms. The molecular formula is C16H23BrN2. The molecule has 2 aliphatic rings. The Hall–Kier alpha value is -0.540. The van der Waals surface area contributed by atoms with Crippen molar-refractivity contribution in [2.24, 2.45) is 0 Å². The second kappa shape index (κ2) is 5.84. The molecule has 2 heterocycles. The highest BCUT2D eigenvalue weighted by Crippen LogP contribution is 2.40. The zero-order valence-electron chi connectivity index (χ0n) is 11.6. The minimum absolute atomic E-state index is 0.718. The predicted octanol–water partition coefficient (Wildman–Crippen LogP) is 3.95. The molecule has 3 heteroatoms. The largest absolute Gasteiger partial charge is 0.365 e. The van der Waals surface area contributed by atoms with Crippen molar-refractivity contribution < 1.29 is 0 Å². The third kappa shape index (κ3) is 2.68. The molecule has 0 aromatic heterocycles. The average Bonchev–Trinajstić information content (AvgIpc) is 2.39. The number of piperidine rings is 2. The van der Waals surface area contributed by atoms with Crippen LogP contribution < -0.4 is 10.2 Å². The first-order valence-electron chi connectivity index (χ1n) is 7.56. The van der Waals surface area contributed by atoms with Crippen molar-refractivity contribution in [1.29, 1.82) is 0 Å². The zero-order valence-corrected chi connectivity index (χ0v) is 13.2. The van der Waals surface area contributed by atoms with Gasteiger partial charge in [0.25, 0.3) is 0 Å². The van der Waals surface area contributed by atoms with Gasteiger partial charge in [0.05, 0.1) is 5.69 Å². The van der Waals surface area contributed by atoms with Gasteiger partial charge in [-0.2, -0.15) is 0 Å². The Labute approximate surface area is 124 Å². The molecule has 0 amide bonds. The van der Waals surface area contributed by atoms with E-state index in [1.165, 1.54) is 42.3 Å². The lowest BCUT2D eigenvalue weighted by atomic mass is 9.81. The van der Waals surface area contributed by atoms with Gasteiger partial charge in [-0.3, -0.25) is 0 Å². The van der Waals surface area contributed by atoms with Crippen LogP contribution in [0, 0.1) is 0 Å². The van der Waals surface area contributed by atoms with Crippen LogP contribution in [0.1, 0.15) is 39.0 Å². The van der Waals surface area contributed by atoms with E-state index in [1.54, 1.807) is 0 Å². The second-order valence-electron chi connectivity index (χ2n) is 5.82. The van der Waals surface area contributed by atoms with E-state index in [1.807, 2.05) is 0 Å². The van der Waals surface area contributed by atoms with Gasteiger partial charge in [-0.1, -0.05) is 19.1 Å². The maximum atomic E-state index is 3.73. The summed E-state index contributed by atoms with van der Waals surface area (Å²) in [5.41, 5.74) is 1.40. The van der Waals surface area contributed by atoms with Crippen LogP contribution in [0.25, 0.3) is 0 Å². The lowest BCUT2D eigenvalue weighted by molar-refractivity contribution is 0.247. The standard InChI is InChI=1S/C16H23BrN2/c1-2-18-12-10-13-6-5-7-14(11-12)19(13)16-9-4-3-8-15(16)17/h3-4,8-9,12-14,18H,2,5-7,10-11H2,1H3. The van der Waals surface area contributed by atoms with Gasteiger partial charge in [0.2, 0.25) is 0 Å². The third-order valence-electron chi connectivity index (χ3n) is 4.60. The van der Waals surface area contributed by atoms with Gasteiger partial charge in [0, 0.05) is 22.6 Å². The number of fused-ring (bicyclic) bond motifs is 2. The number of para-hydroxylation sites is 1. The van der Waals surface area contributed by atoms with Crippen molar-refractivity contribution in [2.45, 2.75) is 57.2 Å². The van der Waals surface area contributed by atoms with E-state index in [0.717, 1.165) is 24.7 Å². The number of nitrogens with one attached hydrogen (secondary N) is 1. The maximum absolute atomic E-state index is 3.73. The molecule has 104 valence electrons. The molecule has 2 aliphatic heterocycles. The molecule has 2 nitrogen and oxygen atoms in total. The molecule has 2 saturated heterocycles. The van der Waals surface area contributed by atoms with Gasteiger partial charge in [-0.25, -0.2) is 0 Å². The normalized spacial score (nSPS) is 30.4. The number of anilines is 1. The van der Waals surface area contributed by atoms with Crippen LogP contribution >= 0.6 is 15.9 Å². The summed E-state index contributed by atoms with van der Waals surface area (Å²) < 4.78 is 1.24. The Morgan fingerprint density at radius 2 is 1.89 bits per heavy atom. The summed E-state index contributed by atoms with van der Waals surface area (Å²) in [4.78, 5) is 2.70. The monoisotopic (exact) mass is 322 g/mol. The van der Waals surface area contributed by atoms with E-state index in [4.69, 9.17) is 0 Å². The lowest BCUT2D eigenvalue weighted by Gasteiger charge is -2.50. The van der Waals surface area contributed by atoms with Crippen molar-refractivity contribution in [3.05, 3.63) is 28.7 Å². The summed E-state index contributed by atoms with van der Waals surface area (Å²) in [6.45, 7) is 3.31. The number of benzene rings is 1. The summed E-state index contributed by atoms with van der Waals surface area (Å²) in [7, 11) is 0.